The molecule has 1 saturated carbocycles. The summed E-state index contributed by atoms with van der Waals surface area (Å²) >= 11 is 0. The number of amides is 2. The van der Waals surface area contributed by atoms with E-state index in [0.29, 0.717) is 18.7 Å². The van der Waals surface area contributed by atoms with Crippen molar-refractivity contribution in [2.75, 3.05) is 11.4 Å². The maximum atomic E-state index is 12.9. The Labute approximate surface area is 148 Å². The number of anilines is 1. The summed E-state index contributed by atoms with van der Waals surface area (Å²) in [5.41, 5.74) is -0.366. The second kappa shape index (κ2) is 5.76. The van der Waals surface area contributed by atoms with Gasteiger partial charge in [-0.15, -0.1) is 6.42 Å². The summed E-state index contributed by atoms with van der Waals surface area (Å²) in [6.07, 6.45) is 3.37. The van der Waals surface area contributed by atoms with Crippen LogP contribution in [0.1, 0.15) is 24.8 Å². The second-order valence-electron chi connectivity index (χ2n) is 7.14. The van der Waals surface area contributed by atoms with E-state index in [9.17, 15) is 22.8 Å². The number of terminal acetylenes is 1. The van der Waals surface area contributed by atoms with Crippen molar-refractivity contribution in [2.24, 2.45) is 11.8 Å². The van der Waals surface area contributed by atoms with Crippen LogP contribution in [-0.4, -0.2) is 35.3 Å². The average molecular weight is 362 g/mol. The lowest BCUT2D eigenvalue weighted by Crippen LogP contribution is -2.50. The van der Waals surface area contributed by atoms with E-state index in [0.717, 1.165) is 25.0 Å². The average Bonchev–Trinajstić information content (AvgIpc) is 3.40. The number of rotatable bonds is 2. The van der Waals surface area contributed by atoms with Crippen molar-refractivity contribution in [1.82, 2.24) is 4.90 Å². The lowest BCUT2D eigenvalue weighted by molar-refractivity contribution is -0.139. The van der Waals surface area contributed by atoms with E-state index in [-0.39, 0.29) is 23.7 Å². The highest BCUT2D eigenvalue weighted by atomic mass is 19.4. The Morgan fingerprint density at radius 1 is 1.19 bits per heavy atom. The van der Waals surface area contributed by atoms with Gasteiger partial charge in [-0.05, 0) is 43.5 Å². The molecule has 3 atom stereocenters. The highest BCUT2D eigenvalue weighted by Crippen LogP contribution is 2.42. The molecule has 3 fully saturated rings. The van der Waals surface area contributed by atoms with E-state index in [1.54, 1.807) is 4.90 Å². The van der Waals surface area contributed by atoms with Crippen LogP contribution in [-0.2, 0) is 15.8 Å². The first kappa shape index (κ1) is 17.0. The summed E-state index contributed by atoms with van der Waals surface area (Å²) in [6, 6.07) is 3.46. The van der Waals surface area contributed by atoms with Crippen LogP contribution < -0.4 is 4.90 Å². The lowest BCUT2D eigenvalue weighted by Gasteiger charge is -2.32. The predicted octanol–water partition coefficient (Wildman–Crippen LogP) is 2.68. The predicted molar refractivity (Wildman–Crippen MR) is 87.9 cm³/mol. The van der Waals surface area contributed by atoms with Gasteiger partial charge in [0.2, 0.25) is 11.8 Å². The molecule has 2 heterocycles. The molecule has 4 rings (SSSR count). The molecule has 2 amide bonds. The minimum atomic E-state index is -4.43. The van der Waals surface area contributed by atoms with Gasteiger partial charge in [-0.1, -0.05) is 5.92 Å². The number of carbonyl (C=O) groups excluding carboxylic acids is 2. The van der Waals surface area contributed by atoms with Gasteiger partial charge < -0.3 is 9.80 Å². The van der Waals surface area contributed by atoms with Gasteiger partial charge in [-0.2, -0.15) is 13.2 Å². The summed E-state index contributed by atoms with van der Waals surface area (Å²) in [6.45, 7) is 0.310. The maximum Gasteiger partial charge on any atom is 0.416 e. The molecule has 0 spiro atoms. The minimum absolute atomic E-state index is 0.0440. The number of alkyl halides is 3. The summed E-state index contributed by atoms with van der Waals surface area (Å²) in [5, 5.41) is 0. The fourth-order valence-corrected chi connectivity index (χ4v) is 3.96. The molecular formula is C19H17F3N2O2. The number of hydrogen-bond acceptors (Lipinski definition) is 2. The first-order valence-electron chi connectivity index (χ1n) is 8.58. The van der Waals surface area contributed by atoms with Crippen molar-refractivity contribution < 1.29 is 22.8 Å². The standard InChI is InChI=1S/C19H17F3N2O2/c1-2-15-12-9-16(24(15)17(25)11-3-4-11)18(26)23(10-12)14-7-5-13(6-8-14)19(20,21)22/h1,5-8,11-12,15-16H,3-4,9-10H2/t12-,15-,16+/m0/s1. The van der Waals surface area contributed by atoms with Crippen molar-refractivity contribution >= 4 is 17.5 Å². The van der Waals surface area contributed by atoms with Crippen molar-refractivity contribution in [3.8, 4) is 12.3 Å². The summed E-state index contributed by atoms with van der Waals surface area (Å²) in [5.74, 6) is 2.20. The molecule has 2 bridgehead atoms. The molecule has 2 saturated heterocycles. The van der Waals surface area contributed by atoms with Gasteiger partial charge in [0, 0.05) is 24.1 Å². The van der Waals surface area contributed by atoms with Crippen molar-refractivity contribution in [2.45, 2.75) is 37.5 Å². The molecule has 0 N–H and O–H groups in total. The molecule has 1 aliphatic carbocycles. The largest absolute Gasteiger partial charge is 0.416 e. The van der Waals surface area contributed by atoms with E-state index in [1.807, 2.05) is 0 Å². The number of fused-ring (bicyclic) bond motifs is 2. The molecule has 4 nitrogen and oxygen atoms in total. The van der Waals surface area contributed by atoms with Gasteiger partial charge in [-0.25, -0.2) is 0 Å². The third kappa shape index (κ3) is 2.64. The molecule has 0 unspecified atom stereocenters. The van der Waals surface area contributed by atoms with E-state index in [2.05, 4.69) is 5.92 Å². The summed E-state index contributed by atoms with van der Waals surface area (Å²) < 4.78 is 38.2. The summed E-state index contributed by atoms with van der Waals surface area (Å²) in [7, 11) is 0. The molecule has 7 heteroatoms. The molecule has 3 aliphatic rings. The molecule has 0 radical (unpaired) electrons. The van der Waals surface area contributed by atoms with Crippen molar-refractivity contribution in [3.05, 3.63) is 29.8 Å². The van der Waals surface area contributed by atoms with Gasteiger partial charge in [0.15, 0.2) is 0 Å². The number of hydrogen-bond donors (Lipinski definition) is 0. The third-order valence-corrected chi connectivity index (χ3v) is 5.43. The Morgan fingerprint density at radius 2 is 1.85 bits per heavy atom. The van der Waals surface area contributed by atoms with Crippen LogP contribution in [0.3, 0.4) is 0 Å². The quantitative estimate of drug-likeness (QED) is 0.759. The highest BCUT2D eigenvalue weighted by Gasteiger charge is 2.54. The summed E-state index contributed by atoms with van der Waals surface area (Å²) in [4.78, 5) is 28.5. The molecule has 1 aromatic carbocycles. The number of piperidine rings is 1. The van der Waals surface area contributed by atoms with Crippen LogP contribution in [0.4, 0.5) is 18.9 Å². The second-order valence-corrected chi connectivity index (χ2v) is 7.14. The van der Waals surface area contributed by atoms with Gasteiger partial charge in [-0.3, -0.25) is 9.59 Å². The Hall–Kier alpha value is -2.49. The van der Waals surface area contributed by atoms with E-state index in [1.165, 1.54) is 17.0 Å². The van der Waals surface area contributed by atoms with Crippen LogP contribution in [0.15, 0.2) is 24.3 Å². The van der Waals surface area contributed by atoms with Crippen molar-refractivity contribution in [3.63, 3.8) is 0 Å². The maximum absolute atomic E-state index is 12.9. The van der Waals surface area contributed by atoms with Crippen LogP contribution in [0.5, 0.6) is 0 Å². The SMILES string of the molecule is C#C[C@H]1[C@H]2C[C@H](C(=O)N(c3ccc(C(F)(F)F)cc3)C2)N1C(=O)C1CC1. The fraction of sp³-hybridized carbons (Fsp3) is 0.474. The number of carbonyl (C=O) groups is 2. The van der Waals surface area contributed by atoms with Crippen LogP contribution in [0.25, 0.3) is 0 Å². The highest BCUT2D eigenvalue weighted by molar-refractivity contribution is 6.01. The van der Waals surface area contributed by atoms with E-state index >= 15 is 0 Å². The van der Waals surface area contributed by atoms with Gasteiger partial charge >= 0.3 is 6.18 Å². The normalized spacial score (nSPS) is 28.2. The topological polar surface area (TPSA) is 40.6 Å². The van der Waals surface area contributed by atoms with Crippen LogP contribution in [0.2, 0.25) is 0 Å². The van der Waals surface area contributed by atoms with E-state index in [4.69, 9.17) is 6.42 Å². The monoisotopic (exact) mass is 362 g/mol. The van der Waals surface area contributed by atoms with Gasteiger partial charge in [0.1, 0.15) is 6.04 Å². The Morgan fingerprint density at radius 3 is 2.38 bits per heavy atom. The smallest absolute Gasteiger partial charge is 0.316 e. The minimum Gasteiger partial charge on any atom is -0.316 e. The number of likely N-dealkylation sites (tertiary alicyclic amines) is 1. The zero-order valence-electron chi connectivity index (χ0n) is 13.9. The van der Waals surface area contributed by atoms with Crippen LogP contribution >= 0.6 is 0 Å². The molecular weight excluding hydrogens is 345 g/mol. The Balaban J connectivity index is 1.62. The fourth-order valence-electron chi connectivity index (χ4n) is 3.96. The molecule has 2 aliphatic heterocycles. The van der Waals surface area contributed by atoms with E-state index < -0.39 is 23.8 Å². The molecule has 26 heavy (non-hydrogen) atoms. The van der Waals surface area contributed by atoms with Crippen LogP contribution in [0, 0.1) is 24.2 Å². The number of nitrogens with zero attached hydrogens (tertiary/aromatic N) is 2. The van der Waals surface area contributed by atoms with Gasteiger partial charge in [0.05, 0.1) is 11.6 Å². The zero-order valence-corrected chi connectivity index (χ0v) is 13.9. The molecule has 136 valence electrons. The Bertz CT molecular complexity index is 792. The number of benzene rings is 1. The van der Waals surface area contributed by atoms with Gasteiger partial charge in [0.25, 0.3) is 0 Å². The zero-order chi connectivity index (χ0) is 18.6. The number of halogens is 3. The lowest BCUT2D eigenvalue weighted by atomic mass is 9.94. The van der Waals surface area contributed by atoms with Crippen molar-refractivity contribution in [1.29, 1.82) is 0 Å². The first-order valence-corrected chi connectivity index (χ1v) is 8.58. The third-order valence-electron chi connectivity index (χ3n) is 5.43. The first-order chi connectivity index (χ1) is 12.3. The Kier molecular flexibility index (Phi) is 3.76. The molecule has 0 aromatic heterocycles. The molecule has 1 aromatic rings.